The monoisotopic (exact) mass is 414 g/mol. The van der Waals surface area contributed by atoms with Gasteiger partial charge in [-0.2, -0.15) is 5.26 Å². The fraction of sp³-hybridized carbons (Fsp3) is 0.292. The first-order valence-corrected chi connectivity index (χ1v) is 10.1. The number of carbonyl (C=O) groups excluding carboxylic acids is 1. The first-order valence-electron chi connectivity index (χ1n) is 10.1. The third-order valence-corrected chi connectivity index (χ3v) is 6.63. The van der Waals surface area contributed by atoms with Crippen LogP contribution in [0.5, 0.6) is 11.5 Å². The van der Waals surface area contributed by atoms with E-state index < -0.39 is 11.3 Å². The lowest BCUT2D eigenvalue weighted by Crippen LogP contribution is -2.53. The summed E-state index contributed by atoms with van der Waals surface area (Å²) in [7, 11) is 3.18. The molecule has 3 heterocycles. The number of nitriles is 1. The van der Waals surface area contributed by atoms with Gasteiger partial charge < -0.3 is 19.7 Å². The Morgan fingerprint density at radius 1 is 1.26 bits per heavy atom. The first kappa shape index (κ1) is 19.2. The molecule has 0 saturated carbocycles. The van der Waals surface area contributed by atoms with E-state index in [1.165, 1.54) is 0 Å². The molecule has 3 aliphatic rings. The number of anilines is 1. The van der Waals surface area contributed by atoms with E-state index in [0.717, 1.165) is 33.6 Å². The molecule has 2 N–H and O–H groups in total. The van der Waals surface area contributed by atoms with E-state index in [-0.39, 0.29) is 11.7 Å². The maximum atomic E-state index is 13.4. The minimum atomic E-state index is -1.25. The largest absolute Gasteiger partial charge is 0.493 e. The molecule has 0 aliphatic carbocycles. The van der Waals surface area contributed by atoms with Gasteiger partial charge in [0.05, 0.1) is 20.3 Å². The summed E-state index contributed by atoms with van der Waals surface area (Å²) in [4.78, 5) is 15.3. The maximum absolute atomic E-state index is 13.4. The van der Waals surface area contributed by atoms with E-state index in [1.54, 1.807) is 14.2 Å². The lowest BCUT2D eigenvalue weighted by Gasteiger charge is -2.44. The molecule has 31 heavy (non-hydrogen) atoms. The quantitative estimate of drug-likeness (QED) is 0.786. The van der Waals surface area contributed by atoms with Crippen LogP contribution in [0.1, 0.15) is 22.3 Å². The molecule has 0 fully saturated rings. The first-order chi connectivity index (χ1) is 15.0. The normalized spacial score (nSPS) is 23.4. The number of para-hydroxylation sites is 1. The highest BCUT2D eigenvalue weighted by Gasteiger charge is 2.57. The van der Waals surface area contributed by atoms with Crippen molar-refractivity contribution in [1.82, 2.24) is 4.90 Å². The van der Waals surface area contributed by atoms with Crippen molar-refractivity contribution < 1.29 is 14.3 Å². The highest BCUT2D eigenvalue weighted by Crippen LogP contribution is 2.52. The third-order valence-electron chi connectivity index (χ3n) is 6.63. The van der Waals surface area contributed by atoms with E-state index >= 15 is 0 Å². The van der Waals surface area contributed by atoms with Crippen molar-refractivity contribution in [1.29, 1.82) is 10.7 Å². The predicted molar refractivity (Wildman–Crippen MR) is 116 cm³/mol. The summed E-state index contributed by atoms with van der Waals surface area (Å²) in [6.07, 6.45) is 2.58. The van der Waals surface area contributed by atoms with Crippen molar-refractivity contribution in [3.63, 3.8) is 0 Å². The van der Waals surface area contributed by atoms with Crippen LogP contribution in [0.15, 0.2) is 36.4 Å². The van der Waals surface area contributed by atoms with Gasteiger partial charge in [-0.15, -0.1) is 0 Å². The topological polar surface area (TPSA) is 98.4 Å². The van der Waals surface area contributed by atoms with Crippen LogP contribution in [-0.2, 0) is 16.6 Å². The number of methoxy groups -OCH3 is 2. The Balaban J connectivity index is 1.81. The van der Waals surface area contributed by atoms with Crippen LogP contribution in [0.4, 0.5) is 5.69 Å². The Kier molecular flexibility index (Phi) is 4.09. The molecule has 7 nitrogen and oxygen atoms in total. The van der Waals surface area contributed by atoms with Crippen LogP contribution in [0.25, 0.3) is 5.70 Å². The molecule has 1 amide bonds. The molecule has 0 radical (unpaired) electrons. The average Bonchev–Trinajstić information content (AvgIpc) is 3.06. The van der Waals surface area contributed by atoms with Gasteiger partial charge in [-0.25, -0.2) is 0 Å². The number of fused-ring (bicyclic) bond motifs is 5. The fourth-order valence-corrected chi connectivity index (χ4v) is 5.05. The lowest BCUT2D eigenvalue weighted by atomic mass is 9.67. The van der Waals surface area contributed by atoms with Crippen molar-refractivity contribution in [2.45, 2.75) is 18.8 Å². The second kappa shape index (κ2) is 6.61. The Morgan fingerprint density at radius 2 is 2.00 bits per heavy atom. The number of hydrogen-bond donors (Lipinski definition) is 2. The molecule has 156 valence electrons. The van der Waals surface area contributed by atoms with Crippen LogP contribution in [0.3, 0.4) is 0 Å². The highest BCUT2D eigenvalue weighted by atomic mass is 16.5. The smallest absolute Gasteiger partial charge is 0.240 e. The Hall–Kier alpha value is -3.79. The number of nitrogens with one attached hydrogen (secondary N) is 2. The number of carbonyl (C=O) groups is 1. The second-order valence-corrected chi connectivity index (χ2v) is 8.06. The molecule has 2 aromatic carbocycles. The molecule has 2 unspecified atom stereocenters. The van der Waals surface area contributed by atoms with Crippen LogP contribution in [0, 0.1) is 29.6 Å². The van der Waals surface area contributed by atoms with Crippen LogP contribution in [-0.4, -0.2) is 37.4 Å². The number of benzene rings is 2. The van der Waals surface area contributed by atoms with Gasteiger partial charge in [0.15, 0.2) is 11.5 Å². The third kappa shape index (κ3) is 2.39. The predicted octanol–water partition coefficient (Wildman–Crippen LogP) is 3.23. The van der Waals surface area contributed by atoms with E-state index in [9.17, 15) is 10.1 Å². The van der Waals surface area contributed by atoms with Gasteiger partial charge in [0.1, 0.15) is 17.2 Å². The Labute approximate surface area is 180 Å². The van der Waals surface area contributed by atoms with Crippen molar-refractivity contribution in [3.05, 3.63) is 58.7 Å². The summed E-state index contributed by atoms with van der Waals surface area (Å²) in [5.41, 5.74) is 3.86. The zero-order chi connectivity index (χ0) is 21.9. The van der Waals surface area contributed by atoms with Gasteiger partial charge in [0.2, 0.25) is 5.91 Å². The second-order valence-electron chi connectivity index (χ2n) is 8.06. The number of ether oxygens (including phenoxy) is 2. The Bertz CT molecular complexity index is 1230. The van der Waals surface area contributed by atoms with Crippen LogP contribution in [0.2, 0.25) is 0 Å². The molecule has 1 spiro atoms. The molecule has 7 heteroatoms. The van der Waals surface area contributed by atoms with E-state index in [1.807, 2.05) is 48.2 Å². The lowest BCUT2D eigenvalue weighted by molar-refractivity contribution is -0.119. The van der Waals surface area contributed by atoms with Gasteiger partial charge in [-0.3, -0.25) is 10.2 Å². The number of aryl methyl sites for hydroxylation is 1. The van der Waals surface area contributed by atoms with Gasteiger partial charge in [0, 0.05) is 23.5 Å². The highest BCUT2D eigenvalue weighted by molar-refractivity contribution is 6.15. The average molecular weight is 414 g/mol. The minimum Gasteiger partial charge on any atom is -0.493 e. The number of hydrogen-bond acceptors (Lipinski definition) is 5. The maximum Gasteiger partial charge on any atom is 0.240 e. The van der Waals surface area contributed by atoms with E-state index in [4.69, 9.17) is 14.9 Å². The molecular weight excluding hydrogens is 392 g/mol. The number of amides is 1. The van der Waals surface area contributed by atoms with Crippen molar-refractivity contribution >= 4 is 23.1 Å². The van der Waals surface area contributed by atoms with E-state index in [0.29, 0.717) is 24.5 Å². The molecule has 2 aromatic rings. The number of amidine groups is 1. The van der Waals surface area contributed by atoms with Gasteiger partial charge >= 0.3 is 0 Å². The SMILES string of the molecule is COc1cc2c(cc1OC)C1=CC3(C(=O)Nc4c(C)cccc43)C(C#N)C(=N)N1CC2. The molecule has 0 aromatic heterocycles. The summed E-state index contributed by atoms with van der Waals surface area (Å²) in [5, 5.41) is 21.9. The van der Waals surface area contributed by atoms with Gasteiger partial charge in [-0.05, 0) is 48.2 Å². The minimum absolute atomic E-state index is 0.143. The molecular formula is C24H22N4O3. The standard InChI is InChI=1S/C24H22N4O3/c1-13-5-4-6-16-21(13)27-23(29)24(16)11-18-15-10-20(31-3)19(30-2)9-14(15)7-8-28(18)22(26)17(24)12-25/h4-6,9-11,17,26H,7-8H2,1-3H3,(H,27,29). The Morgan fingerprint density at radius 3 is 2.71 bits per heavy atom. The van der Waals surface area contributed by atoms with Crippen molar-refractivity contribution in [3.8, 4) is 17.6 Å². The zero-order valence-electron chi connectivity index (χ0n) is 17.6. The van der Waals surface area contributed by atoms with Crippen LogP contribution >= 0.6 is 0 Å². The molecule has 0 saturated heterocycles. The molecule has 5 rings (SSSR count). The van der Waals surface area contributed by atoms with Gasteiger partial charge in [0.25, 0.3) is 0 Å². The van der Waals surface area contributed by atoms with Gasteiger partial charge in [-0.1, -0.05) is 18.2 Å². The van der Waals surface area contributed by atoms with Crippen molar-refractivity contribution in [2.75, 3.05) is 26.1 Å². The zero-order valence-corrected chi connectivity index (χ0v) is 17.6. The summed E-state index contributed by atoms with van der Waals surface area (Å²) in [6, 6.07) is 11.8. The summed E-state index contributed by atoms with van der Waals surface area (Å²) < 4.78 is 11.0. The fourth-order valence-electron chi connectivity index (χ4n) is 5.05. The number of nitrogens with zero attached hydrogens (tertiary/aromatic N) is 2. The number of rotatable bonds is 2. The summed E-state index contributed by atoms with van der Waals surface area (Å²) in [5.74, 6) is 0.184. The van der Waals surface area contributed by atoms with Crippen molar-refractivity contribution in [2.24, 2.45) is 5.92 Å². The summed E-state index contributed by atoms with van der Waals surface area (Å²) in [6.45, 7) is 2.49. The van der Waals surface area contributed by atoms with Crippen LogP contribution < -0.4 is 14.8 Å². The summed E-state index contributed by atoms with van der Waals surface area (Å²) >= 11 is 0. The van der Waals surface area contributed by atoms with E-state index in [2.05, 4.69) is 11.4 Å². The molecule has 2 atom stereocenters. The molecule has 0 bridgehead atoms. The molecule has 3 aliphatic heterocycles.